The normalized spacial score (nSPS) is 21.6. The third-order valence-corrected chi connectivity index (χ3v) is 3.41. The number of nitrogens with one attached hydrogen (secondary N) is 1. The number of carbonyl (C=O) groups excluding carboxylic acids is 1. The average molecular weight is 228 g/mol. The second kappa shape index (κ2) is 6.86. The van der Waals surface area contributed by atoms with Crippen LogP contribution in [-0.4, -0.2) is 47.7 Å². The Balaban J connectivity index is 2.33. The van der Waals surface area contributed by atoms with E-state index in [1.807, 2.05) is 0 Å². The van der Waals surface area contributed by atoms with Crippen molar-refractivity contribution in [1.82, 2.24) is 10.2 Å². The molecule has 4 heteroatoms. The van der Waals surface area contributed by atoms with E-state index < -0.39 is 0 Å². The third-order valence-electron chi connectivity index (χ3n) is 3.41. The molecule has 1 amide bonds. The first-order valence-corrected chi connectivity index (χ1v) is 6.35. The Kier molecular flexibility index (Phi) is 5.77. The zero-order chi connectivity index (χ0) is 12.0. The number of nitrogens with zero attached hydrogens (tertiary/aromatic N) is 1. The molecule has 0 aromatic heterocycles. The molecule has 0 aliphatic carbocycles. The summed E-state index contributed by atoms with van der Waals surface area (Å²) in [5.41, 5.74) is 0. The lowest BCUT2D eigenvalue weighted by Gasteiger charge is -2.23. The monoisotopic (exact) mass is 228 g/mol. The largest absolute Gasteiger partial charge is 0.395 e. The minimum absolute atomic E-state index is 0.0917. The molecule has 0 aromatic rings. The summed E-state index contributed by atoms with van der Waals surface area (Å²) in [6, 6.07) is 0.482. The number of carbonyl (C=O) groups is 1. The van der Waals surface area contributed by atoms with Gasteiger partial charge in [-0.1, -0.05) is 13.8 Å². The van der Waals surface area contributed by atoms with Gasteiger partial charge in [-0.3, -0.25) is 9.69 Å². The predicted octanol–water partition coefficient (Wildman–Crippen LogP) is 0.748. The van der Waals surface area contributed by atoms with Crippen molar-refractivity contribution in [1.29, 1.82) is 0 Å². The average Bonchev–Trinajstić information content (AvgIpc) is 2.73. The van der Waals surface area contributed by atoms with Crippen molar-refractivity contribution in [3.8, 4) is 0 Å². The van der Waals surface area contributed by atoms with Crippen molar-refractivity contribution in [2.75, 3.05) is 19.7 Å². The third kappa shape index (κ3) is 3.76. The number of hydrogen-bond donors (Lipinski definition) is 2. The summed E-state index contributed by atoms with van der Waals surface area (Å²) in [5.74, 6) is 0.0917. The molecule has 1 saturated heterocycles. The van der Waals surface area contributed by atoms with Crippen molar-refractivity contribution >= 4 is 5.91 Å². The first-order valence-electron chi connectivity index (χ1n) is 6.35. The summed E-state index contributed by atoms with van der Waals surface area (Å²) in [5, 5.41) is 12.2. The lowest BCUT2D eigenvalue weighted by molar-refractivity contribution is -0.123. The van der Waals surface area contributed by atoms with Crippen LogP contribution in [0.2, 0.25) is 0 Å². The van der Waals surface area contributed by atoms with Crippen LogP contribution in [0.3, 0.4) is 0 Å². The molecule has 0 saturated carbocycles. The number of hydrogen-bond acceptors (Lipinski definition) is 3. The summed E-state index contributed by atoms with van der Waals surface area (Å²) in [4.78, 5) is 13.8. The molecule has 1 heterocycles. The zero-order valence-electron chi connectivity index (χ0n) is 10.4. The van der Waals surface area contributed by atoms with Gasteiger partial charge < -0.3 is 10.4 Å². The van der Waals surface area contributed by atoms with Gasteiger partial charge in [0, 0.05) is 12.1 Å². The van der Waals surface area contributed by atoms with Gasteiger partial charge in [0.1, 0.15) is 0 Å². The van der Waals surface area contributed by atoms with E-state index in [4.69, 9.17) is 5.11 Å². The fraction of sp³-hybridized carbons (Fsp3) is 0.917. The van der Waals surface area contributed by atoms with E-state index >= 15 is 0 Å². The molecule has 0 spiro atoms. The maximum Gasteiger partial charge on any atom is 0.234 e. The first-order chi connectivity index (χ1) is 7.71. The van der Waals surface area contributed by atoms with E-state index in [1.54, 1.807) is 0 Å². The Morgan fingerprint density at radius 2 is 2.19 bits per heavy atom. The predicted molar refractivity (Wildman–Crippen MR) is 64.2 cm³/mol. The van der Waals surface area contributed by atoms with Crippen LogP contribution < -0.4 is 5.32 Å². The number of amides is 1. The van der Waals surface area contributed by atoms with Gasteiger partial charge in [0.05, 0.1) is 13.2 Å². The van der Waals surface area contributed by atoms with E-state index in [9.17, 15) is 4.79 Å². The maximum absolute atomic E-state index is 11.8. The smallest absolute Gasteiger partial charge is 0.234 e. The van der Waals surface area contributed by atoms with Crippen LogP contribution >= 0.6 is 0 Å². The maximum atomic E-state index is 11.8. The van der Waals surface area contributed by atoms with Gasteiger partial charge in [-0.25, -0.2) is 0 Å². The van der Waals surface area contributed by atoms with Gasteiger partial charge in [0.2, 0.25) is 5.91 Å². The molecule has 1 fully saturated rings. The topological polar surface area (TPSA) is 52.6 Å². The van der Waals surface area contributed by atoms with Crippen LogP contribution in [0.4, 0.5) is 0 Å². The molecule has 0 radical (unpaired) electrons. The quantitative estimate of drug-likeness (QED) is 0.705. The van der Waals surface area contributed by atoms with E-state index in [-0.39, 0.29) is 18.6 Å². The van der Waals surface area contributed by atoms with Crippen LogP contribution in [0.25, 0.3) is 0 Å². The second-order valence-corrected chi connectivity index (χ2v) is 4.53. The minimum atomic E-state index is 0.0917. The molecule has 1 aliphatic heterocycles. The zero-order valence-corrected chi connectivity index (χ0v) is 10.4. The molecule has 2 N–H and O–H groups in total. The van der Waals surface area contributed by atoms with Crippen LogP contribution in [0.15, 0.2) is 0 Å². The van der Waals surface area contributed by atoms with Gasteiger partial charge >= 0.3 is 0 Å². The van der Waals surface area contributed by atoms with E-state index in [2.05, 4.69) is 24.1 Å². The number of aliphatic hydroxyl groups excluding tert-OH is 1. The van der Waals surface area contributed by atoms with Crippen molar-refractivity contribution in [3.63, 3.8) is 0 Å². The highest BCUT2D eigenvalue weighted by Gasteiger charge is 2.25. The van der Waals surface area contributed by atoms with Gasteiger partial charge in [0.15, 0.2) is 0 Å². The van der Waals surface area contributed by atoms with Crippen molar-refractivity contribution < 1.29 is 9.90 Å². The van der Waals surface area contributed by atoms with Gasteiger partial charge in [-0.05, 0) is 32.2 Å². The lowest BCUT2D eigenvalue weighted by atomic mass is 10.2. The Labute approximate surface area is 98.0 Å². The molecule has 0 aromatic carbocycles. The standard InChI is InChI=1S/C12H24N2O2/c1-3-10(4-2)13-12(16)8-14-7-5-6-11(14)9-15/h10-11,15H,3-9H2,1-2H3,(H,13,16). The Morgan fingerprint density at radius 1 is 1.50 bits per heavy atom. The molecule has 16 heavy (non-hydrogen) atoms. The van der Waals surface area contributed by atoms with Gasteiger partial charge in [-0.2, -0.15) is 0 Å². The molecule has 1 unspecified atom stereocenters. The SMILES string of the molecule is CCC(CC)NC(=O)CN1CCCC1CO. The van der Waals surface area contributed by atoms with E-state index in [1.165, 1.54) is 0 Å². The van der Waals surface area contributed by atoms with E-state index in [0.29, 0.717) is 12.6 Å². The molecule has 1 atom stereocenters. The summed E-state index contributed by atoms with van der Waals surface area (Å²) in [7, 11) is 0. The fourth-order valence-electron chi connectivity index (χ4n) is 2.26. The van der Waals surface area contributed by atoms with Crippen molar-refractivity contribution in [2.45, 2.75) is 51.6 Å². The first kappa shape index (κ1) is 13.5. The Hall–Kier alpha value is -0.610. The van der Waals surface area contributed by atoms with E-state index in [0.717, 1.165) is 32.2 Å². The highest BCUT2D eigenvalue weighted by atomic mass is 16.3. The minimum Gasteiger partial charge on any atom is -0.395 e. The molecule has 94 valence electrons. The highest BCUT2D eigenvalue weighted by molar-refractivity contribution is 5.78. The lowest BCUT2D eigenvalue weighted by Crippen LogP contribution is -2.44. The van der Waals surface area contributed by atoms with Crippen molar-refractivity contribution in [3.05, 3.63) is 0 Å². The number of aliphatic hydroxyl groups is 1. The van der Waals surface area contributed by atoms with Crippen LogP contribution in [0.1, 0.15) is 39.5 Å². The van der Waals surface area contributed by atoms with Crippen LogP contribution in [0, 0.1) is 0 Å². The van der Waals surface area contributed by atoms with Crippen LogP contribution in [-0.2, 0) is 4.79 Å². The number of likely N-dealkylation sites (tertiary alicyclic amines) is 1. The number of rotatable bonds is 6. The summed E-state index contributed by atoms with van der Waals surface area (Å²) in [6.07, 6.45) is 4.05. The molecule has 0 bridgehead atoms. The van der Waals surface area contributed by atoms with Crippen molar-refractivity contribution in [2.24, 2.45) is 0 Å². The highest BCUT2D eigenvalue weighted by Crippen LogP contribution is 2.15. The summed E-state index contributed by atoms with van der Waals surface area (Å²) < 4.78 is 0. The Morgan fingerprint density at radius 3 is 2.75 bits per heavy atom. The summed E-state index contributed by atoms with van der Waals surface area (Å²) in [6.45, 7) is 5.70. The fourth-order valence-corrected chi connectivity index (χ4v) is 2.26. The molecular weight excluding hydrogens is 204 g/mol. The summed E-state index contributed by atoms with van der Waals surface area (Å²) >= 11 is 0. The molecule has 1 rings (SSSR count). The van der Waals surface area contributed by atoms with Gasteiger partial charge in [-0.15, -0.1) is 0 Å². The second-order valence-electron chi connectivity index (χ2n) is 4.53. The molecule has 1 aliphatic rings. The van der Waals surface area contributed by atoms with Crippen LogP contribution in [0.5, 0.6) is 0 Å². The molecule has 4 nitrogen and oxygen atoms in total. The molecular formula is C12H24N2O2. The Bertz CT molecular complexity index is 217. The van der Waals surface area contributed by atoms with Gasteiger partial charge in [0.25, 0.3) is 0 Å².